The number of benzene rings is 2. The van der Waals surface area contributed by atoms with Crippen LogP contribution in [0.1, 0.15) is 23.0 Å². The minimum absolute atomic E-state index is 0.170. The molecule has 3 aromatic rings. The molecule has 1 N–H and O–H groups in total. The van der Waals surface area contributed by atoms with Crippen molar-refractivity contribution in [2.45, 2.75) is 6.92 Å². The summed E-state index contributed by atoms with van der Waals surface area (Å²) in [6, 6.07) is 14.0. The van der Waals surface area contributed by atoms with Gasteiger partial charge in [-0.15, -0.1) is 0 Å². The Balaban J connectivity index is 1.62. The van der Waals surface area contributed by atoms with E-state index in [-0.39, 0.29) is 19.0 Å². The van der Waals surface area contributed by atoms with Gasteiger partial charge >= 0.3 is 11.9 Å². The number of ether oxygens (including phenoxy) is 3. The highest BCUT2D eigenvalue weighted by Crippen LogP contribution is 2.27. The summed E-state index contributed by atoms with van der Waals surface area (Å²) in [4.78, 5) is 23.6. The summed E-state index contributed by atoms with van der Waals surface area (Å²) in [6.45, 7) is 1.79. The molecule has 0 spiro atoms. The Hall–Kier alpha value is -3.81. The lowest BCUT2D eigenvalue weighted by molar-refractivity contribution is -0.145. The first-order valence-electron chi connectivity index (χ1n) is 8.89. The summed E-state index contributed by atoms with van der Waals surface area (Å²) in [5.74, 6) is 0.0572. The van der Waals surface area contributed by atoms with Gasteiger partial charge in [-0.1, -0.05) is 18.2 Å². The quantitative estimate of drug-likeness (QED) is 0.357. The monoisotopic (exact) mass is 396 g/mol. The molecule has 0 aliphatic heterocycles. The molecular weight excluding hydrogens is 376 g/mol. The third-order valence-corrected chi connectivity index (χ3v) is 3.87. The largest absolute Gasteiger partial charge is 0.493 e. The summed E-state index contributed by atoms with van der Waals surface area (Å²) in [5, 5.41) is 4.77. The molecule has 8 nitrogen and oxygen atoms in total. The van der Waals surface area contributed by atoms with E-state index in [1.54, 1.807) is 37.3 Å². The van der Waals surface area contributed by atoms with E-state index in [1.807, 2.05) is 18.2 Å². The molecule has 0 aliphatic carbocycles. The van der Waals surface area contributed by atoms with Gasteiger partial charge in [-0.3, -0.25) is 4.79 Å². The van der Waals surface area contributed by atoms with Crippen molar-refractivity contribution in [1.29, 1.82) is 0 Å². The number of methoxy groups -OCH3 is 1. The summed E-state index contributed by atoms with van der Waals surface area (Å²) in [7, 11) is 1.48. The first-order chi connectivity index (χ1) is 14.1. The second-order valence-electron chi connectivity index (χ2n) is 5.85. The van der Waals surface area contributed by atoms with Crippen LogP contribution in [0.4, 0.5) is 0 Å². The number of fused-ring (bicyclic) bond motifs is 1. The van der Waals surface area contributed by atoms with Gasteiger partial charge in [0.1, 0.15) is 5.58 Å². The maximum Gasteiger partial charge on any atom is 0.344 e. The van der Waals surface area contributed by atoms with E-state index < -0.39 is 11.9 Å². The molecule has 1 aromatic heterocycles. The fourth-order valence-corrected chi connectivity index (χ4v) is 2.54. The van der Waals surface area contributed by atoms with Crippen molar-refractivity contribution >= 4 is 29.1 Å². The molecule has 150 valence electrons. The van der Waals surface area contributed by atoms with Crippen molar-refractivity contribution in [3.8, 4) is 11.5 Å². The highest BCUT2D eigenvalue weighted by Gasteiger charge is 2.11. The molecule has 0 bridgehead atoms. The molecule has 1 heterocycles. The molecule has 0 unspecified atom stereocenters. The Labute approximate surface area is 167 Å². The van der Waals surface area contributed by atoms with Crippen LogP contribution in [0.15, 0.2) is 58.0 Å². The van der Waals surface area contributed by atoms with Crippen molar-refractivity contribution in [3.63, 3.8) is 0 Å². The number of nitrogens with one attached hydrogen (secondary N) is 1. The number of hydrogen-bond acceptors (Lipinski definition) is 7. The molecule has 3 rings (SSSR count). The zero-order valence-corrected chi connectivity index (χ0v) is 16.0. The number of esters is 1. The number of nitrogens with zero attached hydrogens (tertiary/aromatic N) is 1. The van der Waals surface area contributed by atoms with E-state index in [0.29, 0.717) is 22.6 Å². The third kappa shape index (κ3) is 5.13. The molecule has 2 aromatic carbocycles. The smallest absolute Gasteiger partial charge is 0.344 e. The average molecular weight is 396 g/mol. The Morgan fingerprint density at radius 1 is 1.14 bits per heavy atom. The van der Waals surface area contributed by atoms with Gasteiger partial charge in [0.25, 0.3) is 0 Å². The normalized spacial score (nSPS) is 10.8. The predicted molar refractivity (Wildman–Crippen MR) is 106 cm³/mol. The Morgan fingerprint density at radius 2 is 1.97 bits per heavy atom. The molecule has 0 atom stereocenters. The van der Waals surface area contributed by atoms with E-state index >= 15 is 0 Å². The van der Waals surface area contributed by atoms with E-state index in [2.05, 4.69) is 10.5 Å². The lowest BCUT2D eigenvalue weighted by Crippen LogP contribution is -2.16. The van der Waals surface area contributed by atoms with Gasteiger partial charge in [-0.05, 0) is 42.8 Å². The van der Waals surface area contributed by atoms with Crippen LogP contribution in [-0.4, -0.2) is 38.4 Å². The lowest BCUT2D eigenvalue weighted by Gasteiger charge is -2.10. The van der Waals surface area contributed by atoms with Gasteiger partial charge in [0.15, 0.2) is 23.9 Å². The lowest BCUT2D eigenvalue weighted by atomic mass is 10.2. The highest BCUT2D eigenvalue weighted by molar-refractivity contribution is 5.96. The van der Waals surface area contributed by atoms with Gasteiger partial charge in [-0.2, -0.15) is 5.10 Å². The van der Waals surface area contributed by atoms with Crippen LogP contribution < -0.4 is 14.9 Å². The van der Waals surface area contributed by atoms with Crippen molar-refractivity contribution in [1.82, 2.24) is 5.43 Å². The van der Waals surface area contributed by atoms with Crippen LogP contribution in [0, 0.1) is 0 Å². The SMILES string of the molecule is CCOC(=O)COc1ccc(C=NNC(=O)c2cc3ccccc3o2)cc1OC. The first-order valence-corrected chi connectivity index (χ1v) is 8.89. The molecule has 0 saturated carbocycles. The van der Waals surface area contributed by atoms with Gasteiger partial charge in [0.2, 0.25) is 0 Å². The number of furan rings is 1. The summed E-state index contributed by atoms with van der Waals surface area (Å²) >= 11 is 0. The maximum atomic E-state index is 12.2. The van der Waals surface area contributed by atoms with Crippen molar-refractivity contribution in [2.75, 3.05) is 20.3 Å². The van der Waals surface area contributed by atoms with Gasteiger partial charge < -0.3 is 18.6 Å². The maximum absolute atomic E-state index is 12.2. The first kappa shape index (κ1) is 19.9. The average Bonchev–Trinajstić information content (AvgIpc) is 3.17. The van der Waals surface area contributed by atoms with Crippen molar-refractivity contribution in [2.24, 2.45) is 5.10 Å². The molecule has 0 aliphatic rings. The Bertz CT molecular complexity index is 1010. The number of carbonyl (C=O) groups excluding carboxylic acids is 2. The van der Waals surface area contributed by atoms with E-state index in [0.717, 1.165) is 5.39 Å². The third-order valence-electron chi connectivity index (χ3n) is 3.87. The van der Waals surface area contributed by atoms with Gasteiger partial charge in [0, 0.05) is 5.39 Å². The molecular formula is C21H20N2O6. The molecule has 1 amide bonds. The van der Waals surface area contributed by atoms with Crippen LogP contribution in [0.25, 0.3) is 11.0 Å². The number of carbonyl (C=O) groups is 2. The van der Waals surface area contributed by atoms with Crippen LogP contribution in [0.3, 0.4) is 0 Å². The fourth-order valence-electron chi connectivity index (χ4n) is 2.54. The standard InChI is InChI=1S/C21H20N2O6/c1-3-27-20(24)13-28-17-9-8-14(10-18(17)26-2)12-22-23-21(25)19-11-15-6-4-5-7-16(15)29-19/h4-12H,3,13H2,1-2H3,(H,23,25). The van der Waals surface area contributed by atoms with Gasteiger partial charge in [0.05, 0.1) is 19.9 Å². The Morgan fingerprint density at radius 3 is 2.72 bits per heavy atom. The second-order valence-corrected chi connectivity index (χ2v) is 5.85. The fraction of sp³-hybridized carbons (Fsp3) is 0.190. The van der Waals surface area contributed by atoms with Crippen molar-refractivity contribution < 1.29 is 28.2 Å². The summed E-state index contributed by atoms with van der Waals surface area (Å²) < 4.78 is 21.0. The minimum atomic E-state index is -0.464. The van der Waals surface area contributed by atoms with Crippen LogP contribution in [-0.2, 0) is 9.53 Å². The zero-order valence-electron chi connectivity index (χ0n) is 16.0. The predicted octanol–water partition coefficient (Wildman–Crippen LogP) is 3.15. The molecule has 29 heavy (non-hydrogen) atoms. The highest BCUT2D eigenvalue weighted by atomic mass is 16.6. The van der Waals surface area contributed by atoms with Crippen molar-refractivity contribution in [3.05, 3.63) is 59.9 Å². The number of amides is 1. The summed E-state index contributed by atoms with van der Waals surface area (Å²) in [6.07, 6.45) is 1.46. The second kappa shape index (κ2) is 9.41. The van der Waals surface area contributed by atoms with E-state index in [4.69, 9.17) is 18.6 Å². The van der Waals surface area contributed by atoms with Crippen LogP contribution >= 0.6 is 0 Å². The van der Waals surface area contributed by atoms with Crippen LogP contribution in [0.2, 0.25) is 0 Å². The van der Waals surface area contributed by atoms with Crippen LogP contribution in [0.5, 0.6) is 11.5 Å². The van der Waals surface area contributed by atoms with E-state index in [1.165, 1.54) is 13.3 Å². The molecule has 0 saturated heterocycles. The number of rotatable bonds is 8. The molecule has 0 fully saturated rings. The number of para-hydroxylation sites is 1. The topological polar surface area (TPSA) is 99.4 Å². The summed E-state index contributed by atoms with van der Waals surface area (Å²) in [5.41, 5.74) is 3.71. The van der Waals surface area contributed by atoms with Gasteiger partial charge in [-0.25, -0.2) is 10.2 Å². The minimum Gasteiger partial charge on any atom is -0.493 e. The molecule has 0 radical (unpaired) electrons. The Kier molecular flexibility index (Phi) is 6.47. The number of hydrogen-bond donors (Lipinski definition) is 1. The number of hydrazone groups is 1. The molecule has 8 heteroatoms. The zero-order chi connectivity index (χ0) is 20.6. The van der Waals surface area contributed by atoms with E-state index in [9.17, 15) is 9.59 Å².